The van der Waals surface area contributed by atoms with Crippen molar-refractivity contribution in [2.24, 2.45) is 10.9 Å². The number of amidine groups is 1. The number of nitrogens with one attached hydrogen (secondary N) is 1. The Balaban J connectivity index is 1.46. The van der Waals surface area contributed by atoms with Crippen LogP contribution in [0.15, 0.2) is 59.6 Å². The van der Waals surface area contributed by atoms with Gasteiger partial charge in [-0.1, -0.05) is 55.1 Å². The molecular formula is C21H21N3O2. The Hall–Kier alpha value is -3.08. The number of hydrogen-bond donors (Lipinski definition) is 1. The molecule has 1 N–H and O–H groups in total. The Kier molecular flexibility index (Phi) is 4.44. The molecule has 1 fully saturated rings. The maximum absolute atomic E-state index is 12.4. The number of aliphatic imine (C=N–C) groups is 1. The third-order valence-corrected chi connectivity index (χ3v) is 4.84. The summed E-state index contributed by atoms with van der Waals surface area (Å²) in [6, 6.07) is 17.9. The molecule has 0 aromatic heterocycles. The largest absolute Gasteiger partial charge is 0.360 e. The van der Waals surface area contributed by atoms with Crippen LogP contribution < -0.4 is 15.9 Å². The Labute approximate surface area is 152 Å². The van der Waals surface area contributed by atoms with Crippen molar-refractivity contribution in [2.75, 3.05) is 13.1 Å². The molecule has 5 nitrogen and oxygen atoms in total. The van der Waals surface area contributed by atoms with Crippen LogP contribution in [0.5, 0.6) is 0 Å². The molecule has 5 heteroatoms. The molecule has 0 bridgehead atoms. The molecule has 0 radical (unpaired) electrons. The van der Waals surface area contributed by atoms with E-state index in [0.29, 0.717) is 18.8 Å². The summed E-state index contributed by atoms with van der Waals surface area (Å²) >= 11 is 0. The Morgan fingerprint density at radius 1 is 1.15 bits per heavy atom. The molecule has 0 saturated carbocycles. The second-order valence-corrected chi connectivity index (χ2v) is 6.64. The molecule has 1 atom stereocenters. The van der Waals surface area contributed by atoms with E-state index >= 15 is 0 Å². The zero-order valence-corrected chi connectivity index (χ0v) is 14.5. The van der Waals surface area contributed by atoms with E-state index in [9.17, 15) is 4.79 Å². The molecule has 2 heterocycles. The molecule has 2 aromatic carbocycles. The zero-order valence-electron chi connectivity index (χ0n) is 14.5. The normalized spacial score (nSPS) is 21.4. The lowest BCUT2D eigenvalue weighted by atomic mass is 10.1. The fourth-order valence-corrected chi connectivity index (χ4v) is 3.35. The number of carbonyl (C=O) groups excluding carboxylic acids is 1. The van der Waals surface area contributed by atoms with Crippen LogP contribution in [0, 0.1) is 5.92 Å². The smallest absolute Gasteiger partial charge is 0.255 e. The monoisotopic (exact) mass is 347 g/mol. The Bertz CT molecular complexity index is 953. The van der Waals surface area contributed by atoms with Gasteiger partial charge in [-0.05, 0) is 23.3 Å². The second-order valence-electron chi connectivity index (χ2n) is 6.64. The van der Waals surface area contributed by atoms with Gasteiger partial charge in [-0.25, -0.2) is 5.48 Å². The summed E-state index contributed by atoms with van der Waals surface area (Å²) in [5.74, 6) is 1.44. The van der Waals surface area contributed by atoms with Crippen molar-refractivity contribution in [1.29, 1.82) is 0 Å². The minimum atomic E-state index is 0.0350. The van der Waals surface area contributed by atoms with Crippen molar-refractivity contribution in [3.63, 3.8) is 0 Å². The predicted molar refractivity (Wildman–Crippen MR) is 101 cm³/mol. The van der Waals surface area contributed by atoms with Crippen LogP contribution in [-0.4, -0.2) is 29.7 Å². The number of likely N-dealkylation sites (tertiary alicyclic amines) is 1. The highest BCUT2D eigenvalue weighted by atomic mass is 16.7. The van der Waals surface area contributed by atoms with Gasteiger partial charge >= 0.3 is 0 Å². The van der Waals surface area contributed by atoms with E-state index in [4.69, 9.17) is 4.84 Å². The maximum atomic E-state index is 12.4. The lowest BCUT2D eigenvalue weighted by Crippen LogP contribution is -2.31. The quantitative estimate of drug-likeness (QED) is 0.904. The summed E-state index contributed by atoms with van der Waals surface area (Å²) < 4.78 is 0. The summed E-state index contributed by atoms with van der Waals surface area (Å²) in [5.41, 5.74) is 4.14. The second kappa shape index (κ2) is 7.04. The number of amides is 1. The van der Waals surface area contributed by atoms with Crippen LogP contribution in [0.2, 0.25) is 0 Å². The summed E-state index contributed by atoms with van der Waals surface area (Å²) in [6.07, 6.45) is 1.32. The average molecular weight is 347 g/mol. The molecule has 2 aliphatic heterocycles. The molecule has 0 aliphatic carbocycles. The van der Waals surface area contributed by atoms with Crippen molar-refractivity contribution in [2.45, 2.75) is 12.8 Å². The molecule has 1 amide bonds. The minimum absolute atomic E-state index is 0.0350. The number of carbonyl (C=O) groups is 1. The van der Waals surface area contributed by atoms with Crippen LogP contribution in [-0.2, 0) is 16.1 Å². The van der Waals surface area contributed by atoms with E-state index in [-0.39, 0.29) is 11.8 Å². The van der Waals surface area contributed by atoms with E-state index in [0.717, 1.165) is 29.2 Å². The van der Waals surface area contributed by atoms with Gasteiger partial charge in [0.05, 0.1) is 0 Å². The fraction of sp³-hybridized carbons (Fsp3) is 0.238. The van der Waals surface area contributed by atoms with Crippen molar-refractivity contribution >= 4 is 24.2 Å². The first-order valence-corrected chi connectivity index (χ1v) is 8.82. The number of hydroxylamine groups is 1. The Morgan fingerprint density at radius 3 is 2.73 bits per heavy atom. The van der Waals surface area contributed by atoms with Gasteiger partial charge in [0.2, 0.25) is 5.91 Å². The zero-order chi connectivity index (χ0) is 17.9. The molecule has 1 saturated heterocycles. The summed E-state index contributed by atoms with van der Waals surface area (Å²) in [6.45, 7) is 5.40. The minimum Gasteiger partial charge on any atom is -0.360 e. The van der Waals surface area contributed by atoms with Gasteiger partial charge in [0, 0.05) is 30.6 Å². The van der Waals surface area contributed by atoms with Gasteiger partial charge in [0.25, 0.3) is 5.88 Å². The lowest BCUT2D eigenvalue weighted by molar-refractivity contribution is -0.127. The van der Waals surface area contributed by atoms with Gasteiger partial charge in [-0.2, -0.15) is 4.99 Å². The van der Waals surface area contributed by atoms with E-state index in [1.54, 1.807) is 0 Å². The van der Waals surface area contributed by atoms with Crippen LogP contribution in [0.25, 0.3) is 12.5 Å². The molecule has 26 heavy (non-hydrogen) atoms. The van der Waals surface area contributed by atoms with Crippen molar-refractivity contribution in [3.05, 3.63) is 70.6 Å². The van der Waals surface area contributed by atoms with Gasteiger partial charge in [-0.15, -0.1) is 0 Å². The first-order chi connectivity index (χ1) is 12.7. The molecule has 4 rings (SSSR count). The highest BCUT2D eigenvalue weighted by Gasteiger charge is 2.34. The predicted octanol–water partition coefficient (Wildman–Crippen LogP) is 1.19. The molecule has 1 unspecified atom stereocenters. The van der Waals surface area contributed by atoms with Crippen LogP contribution >= 0.6 is 0 Å². The van der Waals surface area contributed by atoms with E-state index in [1.165, 1.54) is 5.56 Å². The lowest BCUT2D eigenvalue weighted by Gasteiger charge is -2.16. The van der Waals surface area contributed by atoms with Gasteiger partial charge in [-0.3, -0.25) is 4.79 Å². The maximum Gasteiger partial charge on any atom is 0.255 e. The van der Waals surface area contributed by atoms with E-state index in [2.05, 4.69) is 29.2 Å². The van der Waals surface area contributed by atoms with Crippen LogP contribution in [0.3, 0.4) is 0 Å². The topological polar surface area (TPSA) is 53.9 Å². The highest BCUT2D eigenvalue weighted by molar-refractivity contribution is 5.94. The fourth-order valence-electron chi connectivity index (χ4n) is 3.35. The molecule has 2 aromatic rings. The standard InChI is InChI=1S/C21H21N3O2/c1-15-7-5-6-10-18(15)21-22-20(23-26-21)17-13-19(25)24(14-17)12-11-16-8-3-2-4-9-16/h2-10,17H,1,11-14H2,(H,22,23). The number of nitrogens with zero attached hydrogens (tertiary/aromatic N) is 2. The number of rotatable bonds is 4. The third-order valence-electron chi connectivity index (χ3n) is 4.84. The molecule has 0 spiro atoms. The summed E-state index contributed by atoms with van der Waals surface area (Å²) in [4.78, 5) is 24.4. The van der Waals surface area contributed by atoms with Crippen molar-refractivity contribution in [1.82, 2.24) is 10.4 Å². The Morgan fingerprint density at radius 2 is 1.92 bits per heavy atom. The van der Waals surface area contributed by atoms with Crippen LogP contribution in [0.4, 0.5) is 0 Å². The van der Waals surface area contributed by atoms with Gasteiger partial charge in [0.15, 0.2) is 0 Å². The molecule has 2 aliphatic rings. The summed E-state index contributed by atoms with van der Waals surface area (Å²) in [5, 5.41) is 1.72. The first kappa shape index (κ1) is 16.4. The van der Waals surface area contributed by atoms with Gasteiger partial charge < -0.3 is 9.74 Å². The highest BCUT2D eigenvalue weighted by Crippen LogP contribution is 2.22. The van der Waals surface area contributed by atoms with E-state index in [1.807, 2.05) is 47.4 Å². The number of benzene rings is 2. The molecule has 132 valence electrons. The molecular weight excluding hydrogens is 326 g/mol. The SMILES string of the molecule is C=c1ccccc1=C1N=C(C2CC(=O)N(CCc3ccccc3)C2)NO1. The summed E-state index contributed by atoms with van der Waals surface area (Å²) in [7, 11) is 0. The van der Waals surface area contributed by atoms with Gasteiger partial charge in [0.1, 0.15) is 5.84 Å². The van der Waals surface area contributed by atoms with Crippen LogP contribution in [0.1, 0.15) is 12.0 Å². The van der Waals surface area contributed by atoms with E-state index < -0.39 is 0 Å². The average Bonchev–Trinajstić information content (AvgIpc) is 3.28. The first-order valence-electron chi connectivity index (χ1n) is 8.82. The third kappa shape index (κ3) is 3.33. The van der Waals surface area contributed by atoms with Crippen molar-refractivity contribution in [3.8, 4) is 0 Å². The number of hydrogen-bond acceptors (Lipinski definition) is 4. The van der Waals surface area contributed by atoms with Crippen molar-refractivity contribution < 1.29 is 9.63 Å².